The molecule has 0 aliphatic heterocycles. The van der Waals surface area contributed by atoms with Gasteiger partial charge in [-0.05, 0) is 42.8 Å². The third-order valence-electron chi connectivity index (χ3n) is 4.88. The summed E-state index contributed by atoms with van der Waals surface area (Å²) < 4.78 is 25.0. The number of benzene rings is 2. The van der Waals surface area contributed by atoms with E-state index < -0.39 is 9.84 Å². The lowest BCUT2D eigenvalue weighted by molar-refractivity contribution is 0.602. The number of hydrogen-bond acceptors (Lipinski definition) is 6. The third-order valence-corrected chi connectivity index (χ3v) is 6.30. The Kier molecular flexibility index (Phi) is 5.28. The van der Waals surface area contributed by atoms with Crippen LogP contribution in [0.15, 0.2) is 64.4 Å². The maximum Gasteiger partial charge on any atom is 0.259 e. The van der Waals surface area contributed by atoms with Gasteiger partial charge in [0.1, 0.15) is 5.65 Å². The first-order chi connectivity index (χ1) is 14.6. The lowest BCUT2D eigenvalue weighted by Gasteiger charge is -2.11. The fourth-order valence-corrected chi connectivity index (χ4v) is 4.28. The molecule has 0 spiro atoms. The Morgan fingerprint density at radius 3 is 2.55 bits per heavy atom. The van der Waals surface area contributed by atoms with Gasteiger partial charge in [0.2, 0.25) is 5.95 Å². The molecule has 0 unspecified atom stereocenters. The summed E-state index contributed by atoms with van der Waals surface area (Å²) in [6.45, 7) is 1.93. The zero-order valence-electron chi connectivity index (χ0n) is 17.0. The molecule has 0 aliphatic rings. The molecule has 9 heteroatoms. The van der Waals surface area contributed by atoms with Crippen LogP contribution in [0.3, 0.4) is 0 Å². The van der Waals surface area contributed by atoms with Gasteiger partial charge in [0, 0.05) is 46.7 Å². The van der Waals surface area contributed by atoms with E-state index in [1.54, 1.807) is 31.4 Å². The predicted molar refractivity (Wildman–Crippen MR) is 123 cm³/mol. The van der Waals surface area contributed by atoms with Gasteiger partial charge in [0.25, 0.3) is 5.56 Å². The zero-order chi connectivity index (χ0) is 22.3. The van der Waals surface area contributed by atoms with Crippen molar-refractivity contribution in [3.8, 4) is 11.1 Å². The van der Waals surface area contributed by atoms with Crippen molar-refractivity contribution in [2.45, 2.75) is 11.8 Å². The minimum atomic E-state index is -3.34. The van der Waals surface area contributed by atoms with E-state index in [2.05, 4.69) is 15.3 Å². The van der Waals surface area contributed by atoms with E-state index in [0.29, 0.717) is 32.9 Å². The predicted octanol–water partition coefficient (Wildman–Crippen LogP) is 4.10. The van der Waals surface area contributed by atoms with Crippen LogP contribution in [-0.2, 0) is 16.9 Å². The van der Waals surface area contributed by atoms with Crippen molar-refractivity contribution < 1.29 is 8.42 Å². The second kappa shape index (κ2) is 7.79. The normalized spacial score (nSPS) is 11.6. The molecule has 0 radical (unpaired) electrons. The van der Waals surface area contributed by atoms with Crippen molar-refractivity contribution in [2.75, 3.05) is 11.6 Å². The first kappa shape index (κ1) is 21.0. The highest BCUT2D eigenvalue weighted by atomic mass is 35.5. The summed E-state index contributed by atoms with van der Waals surface area (Å²) in [5.41, 5.74) is 2.84. The number of halogens is 1. The Hall–Kier alpha value is -3.23. The van der Waals surface area contributed by atoms with Crippen LogP contribution >= 0.6 is 11.6 Å². The largest absolute Gasteiger partial charge is 0.324 e. The molecule has 31 heavy (non-hydrogen) atoms. The Balaban J connectivity index is 1.77. The van der Waals surface area contributed by atoms with Crippen molar-refractivity contribution >= 4 is 44.1 Å². The van der Waals surface area contributed by atoms with E-state index in [-0.39, 0.29) is 16.4 Å². The van der Waals surface area contributed by atoms with Crippen molar-refractivity contribution in [1.82, 2.24) is 14.5 Å². The maximum absolute atomic E-state index is 13.0. The topological polar surface area (TPSA) is 93.9 Å². The quantitative estimate of drug-likeness (QED) is 0.498. The summed E-state index contributed by atoms with van der Waals surface area (Å²) in [7, 11) is -1.70. The molecule has 0 saturated carbocycles. The van der Waals surface area contributed by atoms with Crippen LogP contribution in [0.2, 0.25) is 5.02 Å². The third kappa shape index (κ3) is 4.17. The van der Waals surface area contributed by atoms with Gasteiger partial charge in [-0.1, -0.05) is 29.8 Å². The van der Waals surface area contributed by atoms with E-state index in [9.17, 15) is 13.2 Å². The molecule has 2 heterocycles. The average Bonchev–Trinajstić information content (AvgIpc) is 2.71. The lowest BCUT2D eigenvalue weighted by Crippen LogP contribution is -2.20. The molecule has 4 aromatic rings. The number of nitrogens with one attached hydrogen (secondary N) is 1. The van der Waals surface area contributed by atoms with Gasteiger partial charge >= 0.3 is 0 Å². The van der Waals surface area contributed by atoms with Gasteiger partial charge in [0.05, 0.1) is 4.90 Å². The fourth-order valence-electron chi connectivity index (χ4n) is 3.27. The first-order valence-corrected chi connectivity index (χ1v) is 11.6. The highest BCUT2D eigenvalue weighted by Crippen LogP contribution is 2.28. The first-order valence-electron chi connectivity index (χ1n) is 9.34. The van der Waals surface area contributed by atoms with Crippen molar-refractivity contribution in [1.29, 1.82) is 0 Å². The number of fused-ring (bicyclic) bond motifs is 1. The van der Waals surface area contributed by atoms with Crippen molar-refractivity contribution in [3.05, 3.63) is 75.7 Å². The molecule has 4 rings (SSSR count). The molecule has 0 amide bonds. The molecule has 0 aliphatic carbocycles. The SMILES string of the molecule is Cc1ccc(-c2cc3cnc(Nc4cccc(S(C)(=O)=O)c4)nc3n(C)c2=O)c(Cl)c1. The monoisotopic (exact) mass is 454 g/mol. The molecule has 2 aromatic heterocycles. The van der Waals surface area contributed by atoms with Gasteiger partial charge < -0.3 is 5.32 Å². The second-order valence-electron chi connectivity index (χ2n) is 7.30. The van der Waals surface area contributed by atoms with Crippen LogP contribution in [0.1, 0.15) is 5.56 Å². The average molecular weight is 455 g/mol. The van der Waals surface area contributed by atoms with Crippen molar-refractivity contribution in [3.63, 3.8) is 0 Å². The Bertz CT molecular complexity index is 1500. The molecular weight excluding hydrogens is 436 g/mol. The van der Waals surface area contributed by atoms with E-state index in [1.807, 2.05) is 25.1 Å². The summed E-state index contributed by atoms with van der Waals surface area (Å²) >= 11 is 6.37. The summed E-state index contributed by atoms with van der Waals surface area (Å²) in [5, 5.41) is 4.17. The minimum Gasteiger partial charge on any atom is -0.324 e. The molecule has 7 nitrogen and oxygen atoms in total. The number of anilines is 2. The molecule has 0 bridgehead atoms. The van der Waals surface area contributed by atoms with E-state index in [4.69, 9.17) is 11.6 Å². The number of rotatable bonds is 4. The van der Waals surface area contributed by atoms with Crippen LogP contribution in [0, 0.1) is 6.92 Å². The van der Waals surface area contributed by atoms with Crippen LogP contribution < -0.4 is 10.9 Å². The van der Waals surface area contributed by atoms with Gasteiger partial charge in [-0.3, -0.25) is 9.36 Å². The van der Waals surface area contributed by atoms with E-state index >= 15 is 0 Å². The van der Waals surface area contributed by atoms with Crippen LogP contribution in [0.5, 0.6) is 0 Å². The van der Waals surface area contributed by atoms with Crippen molar-refractivity contribution in [2.24, 2.45) is 7.05 Å². The van der Waals surface area contributed by atoms with Gasteiger partial charge in [0.15, 0.2) is 9.84 Å². The Labute approximate surface area is 184 Å². The number of aromatic nitrogens is 3. The zero-order valence-corrected chi connectivity index (χ0v) is 18.6. The van der Waals surface area contributed by atoms with Gasteiger partial charge in [-0.15, -0.1) is 0 Å². The smallest absolute Gasteiger partial charge is 0.259 e. The molecule has 0 fully saturated rings. The van der Waals surface area contributed by atoms with Gasteiger partial charge in [-0.2, -0.15) is 4.98 Å². The molecule has 158 valence electrons. The van der Waals surface area contributed by atoms with Crippen LogP contribution in [0.25, 0.3) is 22.2 Å². The molecule has 1 N–H and O–H groups in total. The van der Waals surface area contributed by atoms with Crippen LogP contribution in [-0.4, -0.2) is 29.2 Å². The van der Waals surface area contributed by atoms with Crippen LogP contribution in [0.4, 0.5) is 11.6 Å². The highest BCUT2D eigenvalue weighted by Gasteiger charge is 2.14. The Morgan fingerprint density at radius 2 is 1.84 bits per heavy atom. The number of sulfone groups is 1. The summed E-state index contributed by atoms with van der Waals surface area (Å²) in [5.74, 6) is 0.245. The summed E-state index contributed by atoms with van der Waals surface area (Å²) in [6, 6.07) is 13.6. The number of hydrogen-bond donors (Lipinski definition) is 1. The number of pyridine rings is 1. The maximum atomic E-state index is 13.0. The van der Waals surface area contributed by atoms with E-state index in [0.717, 1.165) is 11.8 Å². The molecule has 2 aromatic carbocycles. The number of aryl methyl sites for hydroxylation is 2. The summed E-state index contributed by atoms with van der Waals surface area (Å²) in [6.07, 6.45) is 2.75. The standard InChI is InChI=1S/C22H19ClN4O3S/c1-13-7-8-17(19(23)9-13)18-10-14-12-24-22(26-20(14)27(2)21(18)28)25-15-5-4-6-16(11-15)31(3,29)30/h4-12H,1-3H3,(H,24,25,26). The molecular formula is C22H19ClN4O3S. The lowest BCUT2D eigenvalue weighted by atomic mass is 10.0. The minimum absolute atomic E-state index is 0.185. The van der Waals surface area contributed by atoms with E-state index in [1.165, 1.54) is 16.7 Å². The fraction of sp³-hybridized carbons (Fsp3) is 0.136. The highest BCUT2D eigenvalue weighted by molar-refractivity contribution is 7.90. The summed E-state index contributed by atoms with van der Waals surface area (Å²) in [4.78, 5) is 22.0. The molecule has 0 atom stereocenters. The Morgan fingerprint density at radius 1 is 1.06 bits per heavy atom. The molecule has 0 saturated heterocycles. The second-order valence-corrected chi connectivity index (χ2v) is 9.73. The number of nitrogens with zero attached hydrogens (tertiary/aromatic N) is 3. The van der Waals surface area contributed by atoms with Gasteiger partial charge in [-0.25, -0.2) is 13.4 Å².